The van der Waals surface area contributed by atoms with Crippen LogP contribution in [0.4, 0.5) is 0 Å². The third kappa shape index (κ3) is 2.28. The molecule has 2 unspecified atom stereocenters. The van der Waals surface area contributed by atoms with Gasteiger partial charge in [0.2, 0.25) is 0 Å². The van der Waals surface area contributed by atoms with Gasteiger partial charge in [-0.2, -0.15) is 11.8 Å². The zero-order chi connectivity index (χ0) is 11.5. The lowest BCUT2D eigenvalue weighted by Gasteiger charge is -2.32. The molecule has 1 heterocycles. The molecule has 0 aromatic heterocycles. The van der Waals surface area contributed by atoms with Crippen molar-refractivity contribution >= 4 is 11.8 Å². The van der Waals surface area contributed by atoms with Gasteiger partial charge < -0.3 is 5.32 Å². The molecule has 0 saturated heterocycles. The van der Waals surface area contributed by atoms with E-state index in [2.05, 4.69) is 56.0 Å². The molecule has 0 fully saturated rings. The van der Waals surface area contributed by atoms with Crippen LogP contribution in [0.25, 0.3) is 0 Å². The predicted octanol–water partition coefficient (Wildman–Crippen LogP) is 3.67. The normalized spacial score (nSPS) is 24.2. The van der Waals surface area contributed by atoms with Gasteiger partial charge in [0.05, 0.1) is 0 Å². The van der Waals surface area contributed by atoms with E-state index in [1.54, 1.807) is 5.56 Å². The summed E-state index contributed by atoms with van der Waals surface area (Å²) < 4.78 is 0. The third-order valence-corrected chi connectivity index (χ3v) is 4.61. The molecule has 1 aliphatic heterocycles. The number of hydrogen-bond acceptors (Lipinski definition) is 2. The second-order valence-corrected chi connectivity index (χ2v) is 5.96. The van der Waals surface area contributed by atoms with Crippen molar-refractivity contribution in [3.8, 4) is 0 Å². The van der Waals surface area contributed by atoms with E-state index < -0.39 is 0 Å². The van der Waals surface area contributed by atoms with Crippen LogP contribution in [-0.4, -0.2) is 11.8 Å². The maximum Gasteiger partial charge on any atom is 0.0441 e. The Bertz CT molecular complexity index is 362. The van der Waals surface area contributed by atoms with E-state index in [1.165, 1.54) is 23.3 Å². The molecule has 0 aliphatic carbocycles. The van der Waals surface area contributed by atoms with Crippen LogP contribution < -0.4 is 5.32 Å². The Morgan fingerprint density at radius 2 is 2.25 bits per heavy atom. The summed E-state index contributed by atoms with van der Waals surface area (Å²) in [4.78, 5) is 0. The highest BCUT2D eigenvalue weighted by Gasteiger charge is 2.26. The maximum atomic E-state index is 3.68. The topological polar surface area (TPSA) is 12.0 Å². The van der Waals surface area contributed by atoms with Crippen LogP contribution in [0, 0.1) is 6.92 Å². The fraction of sp³-hybridized carbons (Fsp3) is 0.571. The van der Waals surface area contributed by atoms with E-state index in [9.17, 15) is 0 Å². The van der Waals surface area contributed by atoms with Crippen LogP contribution in [0.2, 0.25) is 0 Å². The molecule has 1 nitrogen and oxygen atoms in total. The zero-order valence-corrected chi connectivity index (χ0v) is 11.2. The molecule has 0 saturated carbocycles. The van der Waals surface area contributed by atoms with Gasteiger partial charge in [-0.3, -0.25) is 0 Å². The molecule has 2 rings (SSSR count). The molecule has 1 aromatic rings. The second-order valence-electron chi connectivity index (χ2n) is 4.59. The quantitative estimate of drug-likeness (QED) is 0.858. The van der Waals surface area contributed by atoms with Gasteiger partial charge in [-0.15, -0.1) is 0 Å². The van der Waals surface area contributed by atoms with Gasteiger partial charge in [-0.25, -0.2) is 0 Å². The number of fused-ring (bicyclic) bond motifs is 1. The Balaban J connectivity index is 2.29. The van der Waals surface area contributed by atoms with Gasteiger partial charge in [0.1, 0.15) is 0 Å². The van der Waals surface area contributed by atoms with Gasteiger partial charge in [0, 0.05) is 17.0 Å². The van der Waals surface area contributed by atoms with Crippen molar-refractivity contribution < 1.29 is 0 Å². The van der Waals surface area contributed by atoms with Crippen LogP contribution >= 0.6 is 11.8 Å². The van der Waals surface area contributed by atoms with Crippen molar-refractivity contribution in [2.24, 2.45) is 0 Å². The third-order valence-electron chi connectivity index (χ3n) is 3.36. The number of rotatable bonds is 3. The van der Waals surface area contributed by atoms with Gasteiger partial charge in [0.25, 0.3) is 0 Å². The molecule has 0 amide bonds. The van der Waals surface area contributed by atoms with Crippen molar-refractivity contribution in [2.75, 3.05) is 6.54 Å². The van der Waals surface area contributed by atoms with Crippen molar-refractivity contribution in [3.05, 3.63) is 34.9 Å². The van der Waals surface area contributed by atoms with Crippen molar-refractivity contribution in [2.45, 2.75) is 44.2 Å². The minimum Gasteiger partial charge on any atom is -0.309 e. The Kier molecular flexibility index (Phi) is 3.93. The van der Waals surface area contributed by atoms with E-state index >= 15 is 0 Å². The molecule has 0 spiro atoms. The number of aryl methyl sites for hydroxylation is 1. The smallest absolute Gasteiger partial charge is 0.0441 e. The van der Waals surface area contributed by atoms with E-state index in [4.69, 9.17) is 0 Å². The van der Waals surface area contributed by atoms with Crippen LogP contribution in [0.1, 0.15) is 43.0 Å². The molecular weight excluding hydrogens is 214 g/mol. The van der Waals surface area contributed by atoms with Crippen LogP contribution in [-0.2, 0) is 5.75 Å². The Morgan fingerprint density at radius 1 is 1.44 bits per heavy atom. The lowest BCUT2D eigenvalue weighted by Crippen LogP contribution is -2.32. The van der Waals surface area contributed by atoms with Gasteiger partial charge in [-0.05, 0) is 36.6 Å². The standard InChI is InChI=1S/C14H21NS/c1-4-8-15-14-11(3)16-9-13-10(2)6-5-7-12(13)14/h5-7,11,14-15H,4,8-9H2,1-3H3. The summed E-state index contributed by atoms with van der Waals surface area (Å²) in [6.07, 6.45) is 1.20. The SMILES string of the molecule is CCCNC1c2cccc(C)c2CSC1C. The van der Waals surface area contributed by atoms with E-state index in [-0.39, 0.29) is 0 Å². The molecule has 0 radical (unpaired) electrons. The number of nitrogens with one attached hydrogen (secondary N) is 1. The Morgan fingerprint density at radius 3 is 3.00 bits per heavy atom. The lowest BCUT2D eigenvalue weighted by atomic mass is 9.95. The number of hydrogen-bond donors (Lipinski definition) is 1. The fourth-order valence-electron chi connectivity index (χ4n) is 2.35. The maximum absolute atomic E-state index is 3.68. The first-order chi connectivity index (χ1) is 7.74. The average Bonchev–Trinajstić information content (AvgIpc) is 2.28. The van der Waals surface area contributed by atoms with Gasteiger partial charge in [-0.1, -0.05) is 32.0 Å². The van der Waals surface area contributed by atoms with Crippen LogP contribution in [0.3, 0.4) is 0 Å². The molecule has 16 heavy (non-hydrogen) atoms. The minimum absolute atomic E-state index is 0.536. The minimum atomic E-state index is 0.536. The van der Waals surface area contributed by atoms with Crippen LogP contribution in [0.5, 0.6) is 0 Å². The molecule has 2 heteroatoms. The molecule has 1 N–H and O–H groups in total. The molecular formula is C14H21NS. The summed E-state index contributed by atoms with van der Waals surface area (Å²) in [7, 11) is 0. The van der Waals surface area contributed by atoms with E-state index in [0.717, 1.165) is 6.54 Å². The summed E-state index contributed by atoms with van der Waals surface area (Å²) in [5.41, 5.74) is 4.53. The first-order valence-corrected chi connectivity index (χ1v) is 7.22. The highest BCUT2D eigenvalue weighted by molar-refractivity contribution is 7.99. The van der Waals surface area contributed by atoms with Crippen molar-refractivity contribution in [1.29, 1.82) is 0 Å². The lowest BCUT2D eigenvalue weighted by molar-refractivity contribution is 0.520. The summed E-state index contributed by atoms with van der Waals surface area (Å²) in [6.45, 7) is 7.91. The summed E-state index contributed by atoms with van der Waals surface area (Å²) in [5.74, 6) is 1.17. The first kappa shape index (κ1) is 12.0. The number of benzene rings is 1. The molecule has 1 aromatic carbocycles. The summed E-state index contributed by atoms with van der Waals surface area (Å²) >= 11 is 2.07. The van der Waals surface area contributed by atoms with Crippen molar-refractivity contribution in [1.82, 2.24) is 5.32 Å². The van der Waals surface area contributed by atoms with Crippen molar-refractivity contribution in [3.63, 3.8) is 0 Å². The summed E-state index contributed by atoms with van der Waals surface area (Å²) in [5, 5.41) is 4.36. The Labute approximate surface area is 103 Å². The molecule has 0 bridgehead atoms. The summed E-state index contributed by atoms with van der Waals surface area (Å²) in [6, 6.07) is 7.25. The highest BCUT2D eigenvalue weighted by Crippen LogP contribution is 2.38. The van der Waals surface area contributed by atoms with E-state index in [0.29, 0.717) is 11.3 Å². The number of thioether (sulfide) groups is 1. The van der Waals surface area contributed by atoms with Gasteiger partial charge >= 0.3 is 0 Å². The molecule has 2 atom stereocenters. The van der Waals surface area contributed by atoms with Gasteiger partial charge in [0.15, 0.2) is 0 Å². The monoisotopic (exact) mass is 235 g/mol. The fourth-order valence-corrected chi connectivity index (χ4v) is 3.61. The molecule has 88 valence electrons. The predicted molar refractivity (Wildman–Crippen MR) is 73.0 cm³/mol. The highest BCUT2D eigenvalue weighted by atomic mass is 32.2. The molecule has 1 aliphatic rings. The van der Waals surface area contributed by atoms with Crippen LogP contribution in [0.15, 0.2) is 18.2 Å². The average molecular weight is 235 g/mol. The second kappa shape index (κ2) is 5.24. The zero-order valence-electron chi connectivity index (χ0n) is 10.4. The first-order valence-electron chi connectivity index (χ1n) is 6.17. The van der Waals surface area contributed by atoms with E-state index in [1.807, 2.05) is 0 Å². The largest absolute Gasteiger partial charge is 0.309 e. The Hall–Kier alpha value is -0.470.